The maximum absolute atomic E-state index is 13.4. The van der Waals surface area contributed by atoms with Crippen LogP contribution in [0.4, 0.5) is 4.39 Å². The largest absolute Gasteiger partial charge is 0.373 e. The first-order valence-corrected chi connectivity index (χ1v) is 6.88. The predicted molar refractivity (Wildman–Crippen MR) is 70.9 cm³/mol. The number of nitrogens with one attached hydrogen (secondary N) is 1. The molecule has 0 radical (unpaired) electrons. The summed E-state index contributed by atoms with van der Waals surface area (Å²) in [6.07, 6.45) is 4.83. The fourth-order valence-electron chi connectivity index (χ4n) is 2.59. The van der Waals surface area contributed by atoms with Crippen LogP contribution in [-0.4, -0.2) is 18.7 Å². The summed E-state index contributed by atoms with van der Waals surface area (Å²) in [4.78, 5) is 0. The molecule has 0 amide bonds. The fourth-order valence-corrected chi connectivity index (χ4v) is 2.59. The molecule has 1 aliphatic rings. The van der Waals surface area contributed by atoms with Gasteiger partial charge in [-0.05, 0) is 38.3 Å². The summed E-state index contributed by atoms with van der Waals surface area (Å²) in [6.45, 7) is 3.52. The quantitative estimate of drug-likeness (QED) is 0.867. The van der Waals surface area contributed by atoms with E-state index in [2.05, 4.69) is 12.2 Å². The Kier molecular flexibility index (Phi) is 5.14. The molecular formula is C15H22FNO. The molecule has 0 spiro atoms. The summed E-state index contributed by atoms with van der Waals surface area (Å²) < 4.78 is 19.3. The van der Waals surface area contributed by atoms with Gasteiger partial charge in [-0.1, -0.05) is 25.1 Å². The molecule has 1 aromatic rings. The monoisotopic (exact) mass is 251 g/mol. The molecule has 2 rings (SSSR count). The molecule has 0 saturated heterocycles. The lowest BCUT2D eigenvalue weighted by molar-refractivity contribution is 0.00753. The lowest BCUT2D eigenvalue weighted by Crippen LogP contribution is -2.36. The van der Waals surface area contributed by atoms with Crippen LogP contribution in [0.1, 0.15) is 38.2 Å². The third-order valence-electron chi connectivity index (χ3n) is 3.55. The molecule has 1 fully saturated rings. The van der Waals surface area contributed by atoms with Crippen molar-refractivity contribution in [3.05, 3.63) is 35.6 Å². The summed E-state index contributed by atoms with van der Waals surface area (Å²) in [5.74, 6) is -0.170. The van der Waals surface area contributed by atoms with Crippen molar-refractivity contribution in [1.29, 1.82) is 0 Å². The summed E-state index contributed by atoms with van der Waals surface area (Å²) in [7, 11) is 0. The van der Waals surface area contributed by atoms with Gasteiger partial charge in [0.05, 0.1) is 12.7 Å². The van der Waals surface area contributed by atoms with Crippen molar-refractivity contribution in [3.63, 3.8) is 0 Å². The van der Waals surface area contributed by atoms with Gasteiger partial charge in [0, 0.05) is 11.6 Å². The second-order valence-corrected chi connectivity index (χ2v) is 4.95. The van der Waals surface area contributed by atoms with Gasteiger partial charge in [0.15, 0.2) is 0 Å². The number of hydrogen-bond donors (Lipinski definition) is 1. The van der Waals surface area contributed by atoms with E-state index in [9.17, 15) is 4.39 Å². The Bertz CT molecular complexity index is 367. The van der Waals surface area contributed by atoms with Crippen LogP contribution >= 0.6 is 0 Å². The van der Waals surface area contributed by atoms with Crippen molar-refractivity contribution in [2.75, 3.05) is 6.54 Å². The van der Waals surface area contributed by atoms with Crippen LogP contribution in [0, 0.1) is 5.82 Å². The first kappa shape index (κ1) is 13.5. The Morgan fingerprint density at radius 2 is 2.17 bits per heavy atom. The van der Waals surface area contributed by atoms with Crippen LogP contribution in [0.15, 0.2) is 24.3 Å². The number of halogens is 1. The van der Waals surface area contributed by atoms with Gasteiger partial charge in [0.25, 0.3) is 0 Å². The Morgan fingerprint density at radius 3 is 2.94 bits per heavy atom. The molecule has 2 unspecified atom stereocenters. The van der Waals surface area contributed by atoms with Crippen LogP contribution < -0.4 is 5.32 Å². The highest BCUT2D eigenvalue weighted by Gasteiger charge is 2.21. The minimum absolute atomic E-state index is 0.170. The van der Waals surface area contributed by atoms with E-state index in [-0.39, 0.29) is 11.9 Å². The SMILES string of the molecule is CCNC1CCCC(OCc2ccccc2F)C1. The molecule has 0 aromatic heterocycles. The summed E-state index contributed by atoms with van der Waals surface area (Å²) in [6, 6.07) is 7.40. The summed E-state index contributed by atoms with van der Waals surface area (Å²) in [5, 5.41) is 3.47. The van der Waals surface area contributed by atoms with E-state index in [1.807, 2.05) is 6.07 Å². The van der Waals surface area contributed by atoms with E-state index < -0.39 is 0 Å². The molecule has 2 nitrogen and oxygen atoms in total. The van der Waals surface area contributed by atoms with Crippen molar-refractivity contribution < 1.29 is 9.13 Å². The standard InChI is InChI=1S/C15H22FNO/c1-2-17-13-7-5-8-14(10-13)18-11-12-6-3-4-9-15(12)16/h3-4,6,9,13-14,17H,2,5,7-8,10-11H2,1H3. The average molecular weight is 251 g/mol. The van der Waals surface area contributed by atoms with Crippen LogP contribution in [0.5, 0.6) is 0 Å². The maximum atomic E-state index is 13.4. The molecule has 18 heavy (non-hydrogen) atoms. The molecule has 1 N–H and O–H groups in total. The Labute approximate surface area is 109 Å². The smallest absolute Gasteiger partial charge is 0.128 e. The van der Waals surface area contributed by atoms with Crippen molar-refractivity contribution in [3.8, 4) is 0 Å². The number of ether oxygens (including phenoxy) is 1. The molecule has 0 heterocycles. The van der Waals surface area contributed by atoms with Crippen LogP contribution in [0.2, 0.25) is 0 Å². The van der Waals surface area contributed by atoms with Gasteiger partial charge in [-0.15, -0.1) is 0 Å². The zero-order valence-corrected chi connectivity index (χ0v) is 11.0. The second kappa shape index (κ2) is 6.86. The molecule has 3 heteroatoms. The van der Waals surface area contributed by atoms with Gasteiger partial charge >= 0.3 is 0 Å². The van der Waals surface area contributed by atoms with Gasteiger partial charge in [0.1, 0.15) is 5.82 Å². The first-order valence-electron chi connectivity index (χ1n) is 6.88. The highest BCUT2D eigenvalue weighted by atomic mass is 19.1. The Morgan fingerprint density at radius 1 is 1.33 bits per heavy atom. The zero-order chi connectivity index (χ0) is 12.8. The number of benzene rings is 1. The van der Waals surface area contributed by atoms with Gasteiger partial charge in [-0.3, -0.25) is 0 Å². The highest BCUT2D eigenvalue weighted by molar-refractivity contribution is 5.16. The van der Waals surface area contributed by atoms with Crippen molar-refractivity contribution in [2.45, 2.75) is 51.4 Å². The average Bonchev–Trinajstić information content (AvgIpc) is 2.39. The number of hydrogen-bond acceptors (Lipinski definition) is 2. The van der Waals surface area contributed by atoms with E-state index in [4.69, 9.17) is 4.74 Å². The third kappa shape index (κ3) is 3.79. The maximum Gasteiger partial charge on any atom is 0.128 e. The zero-order valence-electron chi connectivity index (χ0n) is 11.0. The Hall–Kier alpha value is -0.930. The van der Waals surface area contributed by atoms with E-state index in [1.165, 1.54) is 18.9 Å². The van der Waals surface area contributed by atoms with Crippen molar-refractivity contribution in [2.24, 2.45) is 0 Å². The third-order valence-corrected chi connectivity index (χ3v) is 3.55. The summed E-state index contributed by atoms with van der Waals surface area (Å²) >= 11 is 0. The minimum Gasteiger partial charge on any atom is -0.373 e. The Balaban J connectivity index is 1.81. The minimum atomic E-state index is -0.170. The van der Waals surface area contributed by atoms with Gasteiger partial charge in [-0.2, -0.15) is 0 Å². The van der Waals surface area contributed by atoms with E-state index in [0.717, 1.165) is 19.4 Å². The van der Waals surface area contributed by atoms with Crippen molar-refractivity contribution >= 4 is 0 Å². The van der Waals surface area contributed by atoms with Crippen LogP contribution in [0.25, 0.3) is 0 Å². The topological polar surface area (TPSA) is 21.3 Å². The number of rotatable bonds is 5. The molecule has 1 aromatic carbocycles. The van der Waals surface area contributed by atoms with Gasteiger partial charge in [0.2, 0.25) is 0 Å². The molecular weight excluding hydrogens is 229 g/mol. The normalized spacial score (nSPS) is 24.1. The summed E-state index contributed by atoms with van der Waals surface area (Å²) in [5.41, 5.74) is 0.656. The highest BCUT2D eigenvalue weighted by Crippen LogP contribution is 2.22. The molecule has 1 saturated carbocycles. The molecule has 0 bridgehead atoms. The van der Waals surface area contributed by atoms with E-state index in [0.29, 0.717) is 18.2 Å². The van der Waals surface area contributed by atoms with Gasteiger partial charge in [-0.25, -0.2) is 4.39 Å². The predicted octanol–water partition coefficient (Wildman–Crippen LogP) is 3.26. The van der Waals surface area contributed by atoms with Gasteiger partial charge < -0.3 is 10.1 Å². The van der Waals surface area contributed by atoms with Crippen LogP contribution in [-0.2, 0) is 11.3 Å². The lowest BCUT2D eigenvalue weighted by Gasteiger charge is -2.29. The lowest BCUT2D eigenvalue weighted by atomic mass is 9.93. The molecule has 2 atom stereocenters. The fraction of sp³-hybridized carbons (Fsp3) is 0.600. The van der Waals surface area contributed by atoms with Crippen LogP contribution in [0.3, 0.4) is 0 Å². The van der Waals surface area contributed by atoms with Crippen molar-refractivity contribution in [1.82, 2.24) is 5.32 Å². The second-order valence-electron chi connectivity index (χ2n) is 4.95. The first-order chi connectivity index (χ1) is 8.79. The van der Waals surface area contributed by atoms with E-state index >= 15 is 0 Å². The molecule has 100 valence electrons. The molecule has 0 aliphatic heterocycles. The van der Waals surface area contributed by atoms with E-state index in [1.54, 1.807) is 12.1 Å². The molecule has 1 aliphatic carbocycles.